The lowest BCUT2D eigenvalue weighted by atomic mass is 10.1. The Morgan fingerprint density at radius 2 is 1.86 bits per heavy atom. The normalized spacial score (nSPS) is 12.6. The van der Waals surface area contributed by atoms with Gasteiger partial charge in [-0.3, -0.25) is 4.79 Å². The highest BCUT2D eigenvalue weighted by molar-refractivity contribution is 7.99. The van der Waals surface area contributed by atoms with Crippen molar-refractivity contribution in [3.63, 3.8) is 0 Å². The van der Waals surface area contributed by atoms with Gasteiger partial charge in [0, 0.05) is 35.1 Å². The van der Waals surface area contributed by atoms with E-state index in [4.69, 9.17) is 4.74 Å². The van der Waals surface area contributed by atoms with Gasteiger partial charge in [-0.25, -0.2) is 13.1 Å². The number of aryl methyl sites for hydroxylation is 1. The summed E-state index contributed by atoms with van der Waals surface area (Å²) in [5, 5.41) is 3.43. The Bertz CT molecular complexity index is 928. The number of nitrogens with one attached hydrogen (secondary N) is 2. The number of thioether (sulfide) groups is 1. The number of sulfonamides is 1. The topological polar surface area (TPSA) is 84.5 Å². The van der Waals surface area contributed by atoms with Crippen LogP contribution in [0.3, 0.4) is 0 Å². The molecule has 2 aromatic rings. The first kappa shape index (κ1) is 23.4. The number of anilines is 1. The number of hydrogen-bond acceptors (Lipinski definition) is 5. The highest BCUT2D eigenvalue weighted by Crippen LogP contribution is 2.28. The molecule has 158 valence electrons. The number of ether oxygens (including phenoxy) is 1. The number of methoxy groups -OCH3 is 1. The first-order chi connectivity index (χ1) is 13.8. The lowest BCUT2D eigenvalue weighted by Gasteiger charge is -2.13. The minimum atomic E-state index is -3.62. The van der Waals surface area contributed by atoms with Crippen LogP contribution in [0.15, 0.2) is 52.3 Å². The zero-order valence-electron chi connectivity index (χ0n) is 17.2. The van der Waals surface area contributed by atoms with Crippen molar-refractivity contribution in [2.45, 2.75) is 42.2 Å². The number of hydrogen-bond donors (Lipinski definition) is 2. The molecule has 8 heteroatoms. The number of carbonyl (C=O) groups is 1. The van der Waals surface area contributed by atoms with Gasteiger partial charge in [-0.2, -0.15) is 0 Å². The number of rotatable bonds is 10. The second-order valence-electron chi connectivity index (χ2n) is 6.68. The standard InChI is InChI=1S/C21H28N2O4S2/c1-5-16(3)28-18-8-11-20(15(2)14-18)23-21(24)17-6-9-19(10-7-17)29(25,26)22-12-13-27-4/h6-11,14,16,22H,5,12-13H2,1-4H3,(H,23,24). The average molecular weight is 437 g/mol. The Labute approximate surface area is 177 Å². The summed E-state index contributed by atoms with van der Waals surface area (Å²) >= 11 is 1.81. The summed E-state index contributed by atoms with van der Waals surface area (Å²) in [6, 6.07) is 11.8. The molecule has 0 aliphatic carbocycles. The van der Waals surface area contributed by atoms with Gasteiger partial charge in [0.15, 0.2) is 0 Å². The third-order valence-corrected chi connectivity index (χ3v) is 7.12. The molecule has 2 N–H and O–H groups in total. The predicted molar refractivity (Wildman–Crippen MR) is 118 cm³/mol. The highest BCUT2D eigenvalue weighted by atomic mass is 32.2. The maximum Gasteiger partial charge on any atom is 0.255 e. The van der Waals surface area contributed by atoms with Crippen molar-refractivity contribution in [2.75, 3.05) is 25.6 Å². The summed E-state index contributed by atoms with van der Waals surface area (Å²) in [4.78, 5) is 13.8. The first-order valence-electron chi connectivity index (χ1n) is 9.44. The molecule has 0 aliphatic heterocycles. The molecule has 0 aromatic heterocycles. The van der Waals surface area contributed by atoms with Gasteiger partial charge in [-0.15, -0.1) is 11.8 Å². The van der Waals surface area contributed by atoms with Crippen LogP contribution >= 0.6 is 11.8 Å². The third-order valence-electron chi connectivity index (χ3n) is 4.38. The van der Waals surface area contributed by atoms with Crippen LogP contribution in [0.25, 0.3) is 0 Å². The minimum absolute atomic E-state index is 0.104. The lowest BCUT2D eigenvalue weighted by Crippen LogP contribution is -2.27. The van der Waals surface area contributed by atoms with Gasteiger partial charge in [0.25, 0.3) is 5.91 Å². The van der Waals surface area contributed by atoms with Crippen molar-refractivity contribution >= 4 is 33.4 Å². The van der Waals surface area contributed by atoms with E-state index in [1.165, 1.54) is 36.3 Å². The van der Waals surface area contributed by atoms with Crippen LogP contribution in [0.5, 0.6) is 0 Å². The van der Waals surface area contributed by atoms with E-state index in [0.29, 0.717) is 10.8 Å². The molecule has 0 spiro atoms. The van der Waals surface area contributed by atoms with E-state index >= 15 is 0 Å². The third kappa shape index (κ3) is 6.85. The zero-order valence-corrected chi connectivity index (χ0v) is 18.8. The Balaban J connectivity index is 2.06. The molecule has 1 atom stereocenters. The molecule has 2 rings (SSSR count). The molecule has 1 amide bonds. The summed E-state index contributed by atoms with van der Waals surface area (Å²) in [6.45, 7) is 6.77. The fraction of sp³-hybridized carbons (Fsp3) is 0.381. The Morgan fingerprint density at radius 3 is 2.45 bits per heavy atom. The second-order valence-corrected chi connectivity index (χ2v) is 9.96. The summed E-state index contributed by atoms with van der Waals surface area (Å²) in [5.41, 5.74) is 2.10. The molecular formula is C21H28N2O4S2. The van der Waals surface area contributed by atoms with Crippen LogP contribution in [0.1, 0.15) is 36.2 Å². The molecule has 0 fully saturated rings. The van der Waals surface area contributed by atoms with E-state index in [-0.39, 0.29) is 24.0 Å². The first-order valence-corrected chi connectivity index (χ1v) is 11.8. The van der Waals surface area contributed by atoms with Gasteiger partial charge in [-0.05, 0) is 61.4 Å². The maximum absolute atomic E-state index is 12.5. The Hall–Kier alpha value is -1.87. The maximum atomic E-state index is 12.5. The van der Waals surface area contributed by atoms with Crippen molar-refractivity contribution in [2.24, 2.45) is 0 Å². The van der Waals surface area contributed by atoms with Crippen LogP contribution in [-0.2, 0) is 14.8 Å². The van der Waals surface area contributed by atoms with E-state index in [1.807, 2.05) is 30.8 Å². The molecule has 0 heterocycles. The van der Waals surface area contributed by atoms with E-state index in [2.05, 4.69) is 30.0 Å². The number of carbonyl (C=O) groups excluding carboxylic acids is 1. The largest absolute Gasteiger partial charge is 0.383 e. The van der Waals surface area contributed by atoms with Gasteiger partial charge >= 0.3 is 0 Å². The molecule has 0 radical (unpaired) electrons. The lowest BCUT2D eigenvalue weighted by molar-refractivity contribution is 0.102. The fourth-order valence-electron chi connectivity index (χ4n) is 2.51. The van der Waals surface area contributed by atoms with E-state index < -0.39 is 10.0 Å². The van der Waals surface area contributed by atoms with Crippen LogP contribution in [0, 0.1) is 6.92 Å². The summed E-state index contributed by atoms with van der Waals surface area (Å²) in [7, 11) is -2.12. The van der Waals surface area contributed by atoms with Crippen molar-refractivity contribution in [3.05, 3.63) is 53.6 Å². The van der Waals surface area contributed by atoms with Gasteiger partial charge in [0.2, 0.25) is 10.0 Å². The SMILES string of the molecule is CCC(C)Sc1ccc(NC(=O)c2ccc(S(=O)(=O)NCCOC)cc2)c(C)c1. The Kier molecular flexibility index (Phi) is 8.70. The van der Waals surface area contributed by atoms with E-state index in [0.717, 1.165) is 17.7 Å². The van der Waals surface area contributed by atoms with Crippen molar-refractivity contribution in [1.82, 2.24) is 4.72 Å². The summed E-state index contributed by atoms with van der Waals surface area (Å²) in [6.07, 6.45) is 1.09. The Morgan fingerprint density at radius 1 is 1.17 bits per heavy atom. The minimum Gasteiger partial charge on any atom is -0.383 e. The smallest absolute Gasteiger partial charge is 0.255 e. The quantitative estimate of drug-likeness (QED) is 0.433. The van der Waals surface area contributed by atoms with Gasteiger partial charge in [-0.1, -0.05) is 13.8 Å². The molecule has 0 saturated carbocycles. The summed E-state index contributed by atoms with van der Waals surface area (Å²) in [5.74, 6) is -0.285. The van der Waals surface area contributed by atoms with Crippen molar-refractivity contribution in [1.29, 1.82) is 0 Å². The zero-order chi connectivity index (χ0) is 21.4. The molecule has 6 nitrogen and oxygen atoms in total. The van der Waals surface area contributed by atoms with E-state index in [9.17, 15) is 13.2 Å². The van der Waals surface area contributed by atoms with E-state index in [1.54, 1.807) is 0 Å². The predicted octanol–water partition coefficient (Wildman–Crippen LogP) is 4.06. The van der Waals surface area contributed by atoms with Crippen molar-refractivity contribution in [3.8, 4) is 0 Å². The molecular weight excluding hydrogens is 408 g/mol. The second kappa shape index (κ2) is 10.8. The van der Waals surface area contributed by atoms with Crippen LogP contribution in [0.4, 0.5) is 5.69 Å². The van der Waals surface area contributed by atoms with Crippen LogP contribution in [0.2, 0.25) is 0 Å². The molecule has 1 unspecified atom stereocenters. The molecule has 29 heavy (non-hydrogen) atoms. The van der Waals surface area contributed by atoms with Gasteiger partial charge in [0.05, 0.1) is 11.5 Å². The van der Waals surface area contributed by atoms with Gasteiger partial charge < -0.3 is 10.1 Å². The number of amides is 1. The molecule has 2 aromatic carbocycles. The fourth-order valence-corrected chi connectivity index (χ4v) is 4.54. The molecule has 0 bridgehead atoms. The molecule has 0 saturated heterocycles. The van der Waals surface area contributed by atoms with Gasteiger partial charge in [0.1, 0.15) is 0 Å². The highest BCUT2D eigenvalue weighted by Gasteiger charge is 2.15. The number of benzene rings is 2. The molecule has 0 aliphatic rings. The average Bonchev–Trinajstić information content (AvgIpc) is 2.70. The van der Waals surface area contributed by atoms with Crippen LogP contribution < -0.4 is 10.0 Å². The van der Waals surface area contributed by atoms with Crippen LogP contribution in [-0.4, -0.2) is 39.8 Å². The monoisotopic (exact) mass is 436 g/mol. The summed E-state index contributed by atoms with van der Waals surface area (Å²) < 4.78 is 31.6. The van der Waals surface area contributed by atoms with Crippen molar-refractivity contribution < 1.29 is 17.9 Å².